The summed E-state index contributed by atoms with van der Waals surface area (Å²) < 4.78 is 23.0. The largest absolute Gasteiger partial charge is 0.464 e. The average Bonchev–Trinajstić information content (AvgIpc) is 2.26. The molecule has 0 N–H and O–H groups in total. The van der Waals surface area contributed by atoms with Gasteiger partial charge in [-0.25, -0.2) is 4.39 Å². The fourth-order valence-corrected chi connectivity index (χ4v) is 1.11. The third-order valence-corrected chi connectivity index (χ3v) is 1.83. The van der Waals surface area contributed by atoms with Crippen LogP contribution >= 0.6 is 0 Å². The molecule has 0 saturated carbocycles. The van der Waals surface area contributed by atoms with Gasteiger partial charge in [0.15, 0.2) is 18.4 Å². The van der Waals surface area contributed by atoms with Gasteiger partial charge < -0.3 is 9.47 Å². The zero-order valence-electron chi connectivity index (χ0n) is 9.00. The molecule has 0 saturated heterocycles. The van der Waals surface area contributed by atoms with Crippen LogP contribution in [0.5, 0.6) is 5.75 Å². The number of hydrogen-bond acceptors (Lipinski definition) is 2. The van der Waals surface area contributed by atoms with Crippen molar-refractivity contribution in [1.29, 1.82) is 0 Å². The molecule has 15 heavy (non-hydrogen) atoms. The van der Waals surface area contributed by atoms with Gasteiger partial charge in [-0.3, -0.25) is 0 Å². The second kappa shape index (κ2) is 6.19. The Morgan fingerprint density at radius 2 is 2.20 bits per heavy atom. The van der Waals surface area contributed by atoms with E-state index in [2.05, 4.69) is 0 Å². The van der Waals surface area contributed by atoms with Crippen molar-refractivity contribution in [3.8, 4) is 5.75 Å². The van der Waals surface area contributed by atoms with Crippen LogP contribution < -0.4 is 4.74 Å². The van der Waals surface area contributed by atoms with Crippen LogP contribution in [0.2, 0.25) is 0 Å². The zero-order chi connectivity index (χ0) is 11.1. The van der Waals surface area contributed by atoms with Gasteiger partial charge in [0.05, 0.1) is 0 Å². The Morgan fingerprint density at radius 1 is 1.40 bits per heavy atom. The first kappa shape index (κ1) is 11.7. The Labute approximate surface area is 89.3 Å². The number of hydrogen-bond donors (Lipinski definition) is 0. The number of ether oxygens (including phenoxy) is 2. The summed E-state index contributed by atoms with van der Waals surface area (Å²) in [6.45, 7) is 2.10. The second-order valence-corrected chi connectivity index (χ2v) is 3.05. The molecule has 0 unspecified atom stereocenters. The Hall–Kier alpha value is -1.35. The van der Waals surface area contributed by atoms with Gasteiger partial charge in [-0.05, 0) is 24.1 Å². The van der Waals surface area contributed by atoms with E-state index in [1.54, 1.807) is 12.1 Å². The highest BCUT2D eigenvalue weighted by atomic mass is 19.1. The van der Waals surface area contributed by atoms with E-state index in [1.807, 2.05) is 19.1 Å². The standard InChI is InChI=1S/C12H15FO2/c1-3-4-5-10-6-7-11(13)12(8-10)15-9-14-2/h4-8H,3,9H2,1-2H3/b5-4+. The Kier molecular flexibility index (Phi) is 4.84. The molecule has 0 aliphatic rings. The summed E-state index contributed by atoms with van der Waals surface area (Å²) in [6.07, 6.45) is 4.89. The van der Waals surface area contributed by atoms with Crippen molar-refractivity contribution in [2.45, 2.75) is 13.3 Å². The lowest BCUT2D eigenvalue weighted by Crippen LogP contribution is -2.00. The highest BCUT2D eigenvalue weighted by molar-refractivity contribution is 5.51. The van der Waals surface area contributed by atoms with Crippen molar-refractivity contribution >= 4 is 6.08 Å². The number of benzene rings is 1. The van der Waals surface area contributed by atoms with Crippen LogP contribution in [0.3, 0.4) is 0 Å². The summed E-state index contributed by atoms with van der Waals surface area (Å²) in [6, 6.07) is 4.75. The van der Waals surface area contributed by atoms with Gasteiger partial charge in [0, 0.05) is 7.11 Å². The molecule has 0 radical (unpaired) electrons. The van der Waals surface area contributed by atoms with Gasteiger partial charge in [0.2, 0.25) is 0 Å². The molecule has 0 amide bonds. The first-order valence-electron chi connectivity index (χ1n) is 4.85. The molecule has 0 aliphatic carbocycles. The SMILES string of the molecule is CC/C=C/c1ccc(F)c(OCOC)c1. The van der Waals surface area contributed by atoms with Crippen LogP contribution in [0.15, 0.2) is 24.3 Å². The Balaban J connectivity index is 2.80. The topological polar surface area (TPSA) is 18.5 Å². The number of methoxy groups -OCH3 is 1. The third-order valence-electron chi connectivity index (χ3n) is 1.83. The number of rotatable bonds is 5. The van der Waals surface area contributed by atoms with Crippen LogP contribution in [0.4, 0.5) is 4.39 Å². The van der Waals surface area contributed by atoms with Gasteiger partial charge in [-0.2, -0.15) is 0 Å². The lowest BCUT2D eigenvalue weighted by molar-refractivity contribution is 0.0483. The van der Waals surface area contributed by atoms with Crippen LogP contribution in [0.1, 0.15) is 18.9 Å². The van der Waals surface area contributed by atoms with Gasteiger partial charge in [0.25, 0.3) is 0 Å². The average molecular weight is 210 g/mol. The maximum atomic E-state index is 13.2. The maximum absolute atomic E-state index is 13.2. The Bertz CT molecular complexity index is 334. The molecular formula is C12H15FO2. The zero-order valence-corrected chi connectivity index (χ0v) is 9.00. The van der Waals surface area contributed by atoms with Gasteiger partial charge in [-0.15, -0.1) is 0 Å². The monoisotopic (exact) mass is 210 g/mol. The van der Waals surface area contributed by atoms with Crippen LogP contribution in [0, 0.1) is 5.82 Å². The highest BCUT2D eigenvalue weighted by Crippen LogP contribution is 2.19. The van der Waals surface area contributed by atoms with Gasteiger partial charge >= 0.3 is 0 Å². The number of allylic oxidation sites excluding steroid dienone is 1. The molecule has 3 heteroatoms. The van der Waals surface area contributed by atoms with Crippen molar-refractivity contribution < 1.29 is 13.9 Å². The lowest BCUT2D eigenvalue weighted by atomic mass is 10.2. The minimum absolute atomic E-state index is 0.0534. The summed E-state index contributed by atoms with van der Waals surface area (Å²) in [5.41, 5.74) is 0.921. The van der Waals surface area contributed by atoms with E-state index in [-0.39, 0.29) is 18.4 Å². The molecule has 2 nitrogen and oxygen atoms in total. The van der Waals surface area contributed by atoms with Crippen molar-refractivity contribution in [1.82, 2.24) is 0 Å². The summed E-state index contributed by atoms with van der Waals surface area (Å²) in [7, 11) is 1.50. The predicted molar refractivity (Wildman–Crippen MR) is 58.2 cm³/mol. The summed E-state index contributed by atoms with van der Waals surface area (Å²) in [5.74, 6) is -0.157. The van der Waals surface area contributed by atoms with Crippen molar-refractivity contribution in [3.05, 3.63) is 35.7 Å². The third kappa shape index (κ3) is 3.72. The Morgan fingerprint density at radius 3 is 2.87 bits per heavy atom. The molecule has 0 aliphatic heterocycles. The minimum Gasteiger partial charge on any atom is -0.464 e. The molecule has 1 aromatic rings. The molecule has 0 heterocycles. The fourth-order valence-electron chi connectivity index (χ4n) is 1.11. The molecular weight excluding hydrogens is 195 g/mol. The summed E-state index contributed by atoms with van der Waals surface area (Å²) in [4.78, 5) is 0. The molecule has 82 valence electrons. The first-order valence-corrected chi connectivity index (χ1v) is 4.85. The van der Waals surface area contributed by atoms with Crippen molar-refractivity contribution in [2.24, 2.45) is 0 Å². The number of halogens is 1. The first-order chi connectivity index (χ1) is 7.27. The molecule has 0 aromatic heterocycles. The van der Waals surface area contributed by atoms with Crippen LogP contribution in [-0.4, -0.2) is 13.9 Å². The molecule has 0 atom stereocenters. The van der Waals surface area contributed by atoms with Gasteiger partial charge in [0.1, 0.15) is 0 Å². The van der Waals surface area contributed by atoms with Crippen molar-refractivity contribution in [3.63, 3.8) is 0 Å². The van der Waals surface area contributed by atoms with E-state index < -0.39 is 0 Å². The van der Waals surface area contributed by atoms with E-state index in [0.717, 1.165) is 12.0 Å². The highest BCUT2D eigenvalue weighted by Gasteiger charge is 2.02. The summed E-state index contributed by atoms with van der Waals surface area (Å²) in [5, 5.41) is 0. The quantitative estimate of drug-likeness (QED) is 0.694. The van der Waals surface area contributed by atoms with E-state index in [0.29, 0.717) is 0 Å². The van der Waals surface area contributed by atoms with Crippen LogP contribution in [-0.2, 0) is 4.74 Å². The van der Waals surface area contributed by atoms with E-state index >= 15 is 0 Å². The smallest absolute Gasteiger partial charge is 0.188 e. The molecule has 1 rings (SSSR count). The predicted octanol–water partition coefficient (Wildman–Crippen LogP) is 3.23. The molecule has 1 aromatic carbocycles. The second-order valence-electron chi connectivity index (χ2n) is 3.05. The fraction of sp³-hybridized carbons (Fsp3) is 0.333. The molecule has 0 spiro atoms. The normalized spacial score (nSPS) is 10.9. The van der Waals surface area contributed by atoms with E-state index in [1.165, 1.54) is 13.2 Å². The molecule has 0 bridgehead atoms. The van der Waals surface area contributed by atoms with Crippen molar-refractivity contribution in [2.75, 3.05) is 13.9 Å². The lowest BCUT2D eigenvalue weighted by Gasteiger charge is -2.06. The minimum atomic E-state index is -0.374. The summed E-state index contributed by atoms with van der Waals surface area (Å²) >= 11 is 0. The van der Waals surface area contributed by atoms with Crippen LogP contribution in [0.25, 0.3) is 6.08 Å². The maximum Gasteiger partial charge on any atom is 0.188 e. The molecule has 0 fully saturated rings. The van der Waals surface area contributed by atoms with Gasteiger partial charge in [-0.1, -0.05) is 25.1 Å². The van der Waals surface area contributed by atoms with E-state index in [9.17, 15) is 4.39 Å². The van der Waals surface area contributed by atoms with E-state index in [4.69, 9.17) is 9.47 Å².